The van der Waals surface area contributed by atoms with Gasteiger partial charge in [-0.25, -0.2) is 4.98 Å². The third-order valence-corrected chi connectivity index (χ3v) is 3.89. The molecule has 0 radical (unpaired) electrons. The molecule has 0 aliphatic carbocycles. The summed E-state index contributed by atoms with van der Waals surface area (Å²) in [6, 6.07) is 8.17. The van der Waals surface area contributed by atoms with Crippen LogP contribution < -0.4 is 5.32 Å². The van der Waals surface area contributed by atoms with Gasteiger partial charge in [0.1, 0.15) is 11.3 Å². The molecule has 2 heterocycles. The van der Waals surface area contributed by atoms with E-state index in [0.717, 1.165) is 26.3 Å². The van der Waals surface area contributed by atoms with Crippen molar-refractivity contribution in [2.45, 2.75) is 13.0 Å². The molecule has 5 heteroatoms. The van der Waals surface area contributed by atoms with Crippen LogP contribution in [0.1, 0.15) is 18.7 Å². The highest BCUT2D eigenvalue weighted by Crippen LogP contribution is 2.28. The average Bonchev–Trinajstić information content (AvgIpc) is 2.96. The van der Waals surface area contributed by atoms with E-state index in [0.29, 0.717) is 0 Å². The summed E-state index contributed by atoms with van der Waals surface area (Å²) in [5, 5.41) is 7.28. The Morgan fingerprint density at radius 1 is 1.39 bits per heavy atom. The Morgan fingerprint density at radius 2 is 2.28 bits per heavy atom. The van der Waals surface area contributed by atoms with E-state index in [4.69, 9.17) is 4.42 Å². The number of hydrogen-bond donors (Lipinski definition) is 1. The van der Waals surface area contributed by atoms with E-state index >= 15 is 0 Å². The molecular formula is C13H11BrN2OS. The third-order valence-electron chi connectivity index (χ3n) is 2.70. The number of rotatable bonds is 3. The minimum Gasteiger partial charge on any atom is -0.459 e. The van der Waals surface area contributed by atoms with Crippen molar-refractivity contribution in [3.05, 3.63) is 46.1 Å². The second-order valence-corrected chi connectivity index (χ2v) is 5.84. The van der Waals surface area contributed by atoms with E-state index in [1.165, 1.54) is 0 Å². The van der Waals surface area contributed by atoms with Gasteiger partial charge >= 0.3 is 0 Å². The topological polar surface area (TPSA) is 38.1 Å². The minimum absolute atomic E-state index is 0.0994. The molecule has 0 saturated carbocycles. The Labute approximate surface area is 117 Å². The van der Waals surface area contributed by atoms with Crippen molar-refractivity contribution >= 4 is 43.4 Å². The molecule has 1 N–H and O–H groups in total. The van der Waals surface area contributed by atoms with Gasteiger partial charge < -0.3 is 9.73 Å². The largest absolute Gasteiger partial charge is 0.459 e. The number of thiazole rings is 1. The van der Waals surface area contributed by atoms with Crippen LogP contribution >= 0.6 is 27.3 Å². The first-order valence-electron chi connectivity index (χ1n) is 5.57. The number of nitrogens with one attached hydrogen (secondary N) is 1. The highest BCUT2D eigenvalue weighted by Gasteiger charge is 2.12. The zero-order valence-corrected chi connectivity index (χ0v) is 12.1. The van der Waals surface area contributed by atoms with E-state index < -0.39 is 0 Å². The fourth-order valence-corrected chi connectivity index (χ4v) is 2.80. The van der Waals surface area contributed by atoms with Crippen molar-refractivity contribution in [1.29, 1.82) is 0 Å². The van der Waals surface area contributed by atoms with Crippen molar-refractivity contribution in [3.63, 3.8) is 0 Å². The van der Waals surface area contributed by atoms with Gasteiger partial charge in [-0.15, -0.1) is 11.3 Å². The van der Waals surface area contributed by atoms with Crippen LogP contribution in [0.3, 0.4) is 0 Å². The highest BCUT2D eigenvalue weighted by atomic mass is 79.9. The Hall–Kier alpha value is -1.33. The lowest BCUT2D eigenvalue weighted by atomic mass is 10.2. The average molecular weight is 323 g/mol. The number of fused-ring (bicyclic) bond motifs is 1. The van der Waals surface area contributed by atoms with Crippen LogP contribution in [-0.2, 0) is 0 Å². The summed E-state index contributed by atoms with van der Waals surface area (Å²) in [7, 11) is 0. The standard InChI is InChI=1S/C13H11BrN2OS/c1-8(16-13-15-4-5-18-13)12-7-9-6-10(14)2-3-11(9)17-12/h2-8H,1H3,(H,15,16). The van der Waals surface area contributed by atoms with E-state index in [9.17, 15) is 0 Å². The number of hydrogen-bond acceptors (Lipinski definition) is 4. The van der Waals surface area contributed by atoms with Crippen LogP contribution in [0.15, 0.2) is 44.7 Å². The lowest BCUT2D eigenvalue weighted by molar-refractivity contribution is 0.526. The Kier molecular flexibility index (Phi) is 3.09. The molecule has 3 aromatic rings. The molecule has 1 atom stereocenters. The van der Waals surface area contributed by atoms with Crippen LogP contribution in [0.4, 0.5) is 5.13 Å². The second kappa shape index (κ2) is 4.74. The van der Waals surface area contributed by atoms with Crippen LogP contribution in [-0.4, -0.2) is 4.98 Å². The highest BCUT2D eigenvalue weighted by molar-refractivity contribution is 9.10. The summed E-state index contributed by atoms with van der Waals surface area (Å²) in [5.41, 5.74) is 0.904. The maximum absolute atomic E-state index is 5.83. The predicted octanol–water partition coefficient (Wildman–Crippen LogP) is 4.82. The number of anilines is 1. The van der Waals surface area contributed by atoms with Crippen molar-refractivity contribution < 1.29 is 4.42 Å². The fourth-order valence-electron chi connectivity index (χ4n) is 1.80. The van der Waals surface area contributed by atoms with Gasteiger partial charge in [0.2, 0.25) is 0 Å². The molecule has 2 aromatic heterocycles. The zero-order valence-electron chi connectivity index (χ0n) is 9.68. The van der Waals surface area contributed by atoms with Gasteiger partial charge in [-0.05, 0) is 31.2 Å². The summed E-state index contributed by atoms with van der Waals surface area (Å²) < 4.78 is 6.89. The van der Waals surface area contributed by atoms with Crippen molar-refractivity contribution in [3.8, 4) is 0 Å². The maximum Gasteiger partial charge on any atom is 0.183 e. The minimum atomic E-state index is 0.0994. The molecule has 3 rings (SSSR count). The maximum atomic E-state index is 5.83. The smallest absolute Gasteiger partial charge is 0.183 e. The van der Waals surface area contributed by atoms with Crippen LogP contribution in [0, 0.1) is 0 Å². The predicted molar refractivity (Wildman–Crippen MR) is 78.1 cm³/mol. The SMILES string of the molecule is CC(Nc1nccs1)c1cc2cc(Br)ccc2o1. The third kappa shape index (κ3) is 2.28. The number of halogens is 1. The van der Waals surface area contributed by atoms with Gasteiger partial charge in [0.05, 0.1) is 6.04 Å². The Bertz CT molecular complexity index is 663. The first kappa shape index (κ1) is 11.7. The monoisotopic (exact) mass is 322 g/mol. The van der Waals surface area contributed by atoms with Crippen LogP contribution in [0.25, 0.3) is 11.0 Å². The van der Waals surface area contributed by atoms with Crippen LogP contribution in [0.5, 0.6) is 0 Å². The fraction of sp³-hybridized carbons (Fsp3) is 0.154. The molecular weight excluding hydrogens is 312 g/mol. The van der Waals surface area contributed by atoms with Gasteiger partial charge in [-0.1, -0.05) is 15.9 Å². The summed E-state index contributed by atoms with van der Waals surface area (Å²) in [6.45, 7) is 2.06. The molecule has 0 spiro atoms. The van der Waals surface area contributed by atoms with Gasteiger partial charge in [0.25, 0.3) is 0 Å². The summed E-state index contributed by atoms with van der Waals surface area (Å²) in [5.74, 6) is 0.915. The molecule has 3 nitrogen and oxygen atoms in total. The van der Waals surface area contributed by atoms with E-state index in [1.54, 1.807) is 17.5 Å². The summed E-state index contributed by atoms with van der Waals surface area (Å²) in [4.78, 5) is 4.21. The van der Waals surface area contributed by atoms with Gasteiger partial charge in [0, 0.05) is 21.4 Å². The first-order chi connectivity index (χ1) is 8.72. The molecule has 92 valence electrons. The Morgan fingerprint density at radius 3 is 3.06 bits per heavy atom. The van der Waals surface area contributed by atoms with Crippen molar-refractivity contribution in [2.75, 3.05) is 5.32 Å². The Balaban J connectivity index is 1.89. The number of benzene rings is 1. The number of furan rings is 1. The lowest BCUT2D eigenvalue weighted by Crippen LogP contribution is -2.04. The van der Waals surface area contributed by atoms with E-state index in [2.05, 4.69) is 45.3 Å². The summed E-state index contributed by atoms with van der Waals surface area (Å²) >= 11 is 5.05. The van der Waals surface area contributed by atoms with E-state index in [1.807, 2.05) is 17.5 Å². The first-order valence-corrected chi connectivity index (χ1v) is 7.24. The molecule has 1 aromatic carbocycles. The lowest BCUT2D eigenvalue weighted by Gasteiger charge is -2.09. The molecule has 0 fully saturated rings. The molecule has 1 unspecified atom stereocenters. The molecule has 0 amide bonds. The molecule has 0 bridgehead atoms. The van der Waals surface area contributed by atoms with Crippen molar-refractivity contribution in [2.24, 2.45) is 0 Å². The van der Waals surface area contributed by atoms with Gasteiger partial charge in [0.15, 0.2) is 5.13 Å². The quantitative estimate of drug-likeness (QED) is 0.750. The van der Waals surface area contributed by atoms with Crippen LogP contribution in [0.2, 0.25) is 0 Å². The molecule has 18 heavy (non-hydrogen) atoms. The zero-order chi connectivity index (χ0) is 12.5. The second-order valence-electron chi connectivity index (χ2n) is 4.03. The van der Waals surface area contributed by atoms with Gasteiger partial charge in [-0.2, -0.15) is 0 Å². The normalized spacial score (nSPS) is 12.8. The molecule has 0 aliphatic rings. The van der Waals surface area contributed by atoms with E-state index in [-0.39, 0.29) is 6.04 Å². The summed E-state index contributed by atoms with van der Waals surface area (Å²) in [6.07, 6.45) is 1.79. The van der Waals surface area contributed by atoms with Gasteiger partial charge in [-0.3, -0.25) is 0 Å². The number of nitrogens with zero attached hydrogens (tertiary/aromatic N) is 1. The number of aromatic nitrogens is 1. The van der Waals surface area contributed by atoms with Crippen molar-refractivity contribution in [1.82, 2.24) is 4.98 Å². The molecule has 0 aliphatic heterocycles. The molecule has 0 saturated heterocycles.